The fourth-order valence-electron chi connectivity index (χ4n) is 2.90. The average molecular weight is 375 g/mol. The van der Waals surface area contributed by atoms with Gasteiger partial charge in [0, 0.05) is 23.2 Å². The van der Waals surface area contributed by atoms with Crippen LogP contribution in [0.15, 0.2) is 21.5 Å². The Hall–Kier alpha value is -0.590. The van der Waals surface area contributed by atoms with E-state index in [2.05, 4.69) is 22.9 Å². The molecule has 1 fully saturated rings. The number of hydrogen-bond acceptors (Lipinski definition) is 3. The zero-order valence-corrected chi connectivity index (χ0v) is 15.2. The summed E-state index contributed by atoms with van der Waals surface area (Å²) in [6, 6.07) is 3.46. The molecule has 0 aromatic heterocycles. The molecule has 1 aliphatic carbocycles. The van der Waals surface area contributed by atoms with Gasteiger partial charge in [-0.05, 0) is 56.2 Å². The number of nitrogens with zero attached hydrogens (tertiary/aromatic N) is 1. The molecule has 118 valence electrons. The number of rotatable bonds is 3. The van der Waals surface area contributed by atoms with Gasteiger partial charge in [0.05, 0.1) is 4.90 Å². The summed E-state index contributed by atoms with van der Waals surface area (Å²) in [5.41, 5.74) is 7.02. The van der Waals surface area contributed by atoms with Crippen LogP contribution in [0.25, 0.3) is 0 Å². The Balaban J connectivity index is 2.34. The Morgan fingerprint density at radius 1 is 1.24 bits per heavy atom. The van der Waals surface area contributed by atoms with Crippen molar-refractivity contribution in [2.45, 2.75) is 50.5 Å². The second-order valence-electron chi connectivity index (χ2n) is 6.05. The first kappa shape index (κ1) is 16.8. The highest BCUT2D eigenvalue weighted by atomic mass is 79.9. The van der Waals surface area contributed by atoms with Gasteiger partial charge in [0.2, 0.25) is 10.0 Å². The fourth-order valence-corrected chi connectivity index (χ4v) is 5.22. The second-order valence-corrected chi connectivity index (χ2v) is 8.93. The standard InChI is InChI=1S/C15H23BrN2O2S/c1-10-4-6-13(7-5-10)18(3)21(19,20)15-9-12(16)8-14(17)11(15)2/h8-10,13H,4-7,17H2,1-3H3. The number of halogens is 1. The minimum atomic E-state index is -3.51. The van der Waals surface area contributed by atoms with Crippen molar-refractivity contribution in [2.75, 3.05) is 12.8 Å². The minimum absolute atomic E-state index is 0.0887. The van der Waals surface area contributed by atoms with Gasteiger partial charge in [-0.2, -0.15) is 4.31 Å². The quantitative estimate of drug-likeness (QED) is 0.822. The smallest absolute Gasteiger partial charge is 0.243 e. The Bertz CT molecular complexity index is 623. The summed E-state index contributed by atoms with van der Waals surface area (Å²) in [6.07, 6.45) is 4.03. The molecule has 0 aliphatic heterocycles. The molecule has 2 rings (SSSR count). The number of nitrogen functional groups attached to an aromatic ring is 1. The van der Waals surface area contributed by atoms with Crippen LogP contribution in [0.3, 0.4) is 0 Å². The van der Waals surface area contributed by atoms with Gasteiger partial charge in [0.1, 0.15) is 0 Å². The lowest BCUT2D eigenvalue weighted by Gasteiger charge is -2.33. The van der Waals surface area contributed by atoms with E-state index < -0.39 is 10.0 Å². The van der Waals surface area contributed by atoms with Crippen molar-refractivity contribution < 1.29 is 8.42 Å². The van der Waals surface area contributed by atoms with Gasteiger partial charge in [-0.1, -0.05) is 22.9 Å². The fraction of sp³-hybridized carbons (Fsp3) is 0.600. The number of hydrogen-bond donors (Lipinski definition) is 1. The van der Waals surface area contributed by atoms with Crippen molar-refractivity contribution in [3.05, 3.63) is 22.2 Å². The zero-order valence-electron chi connectivity index (χ0n) is 12.8. The summed E-state index contributed by atoms with van der Waals surface area (Å²) >= 11 is 3.33. The molecule has 0 amide bonds. The van der Waals surface area contributed by atoms with Crippen LogP contribution in [0.4, 0.5) is 5.69 Å². The molecule has 2 N–H and O–H groups in total. The van der Waals surface area contributed by atoms with Gasteiger partial charge in [-0.25, -0.2) is 8.42 Å². The summed E-state index contributed by atoms with van der Waals surface area (Å²) in [6.45, 7) is 3.98. The first-order chi connectivity index (χ1) is 9.73. The van der Waals surface area contributed by atoms with Crippen LogP contribution < -0.4 is 5.73 Å². The first-order valence-corrected chi connectivity index (χ1v) is 9.50. The van der Waals surface area contributed by atoms with Crippen LogP contribution in [-0.4, -0.2) is 25.8 Å². The largest absolute Gasteiger partial charge is 0.398 e. The van der Waals surface area contributed by atoms with Crippen LogP contribution in [-0.2, 0) is 10.0 Å². The van der Waals surface area contributed by atoms with Crippen LogP contribution in [0.2, 0.25) is 0 Å². The summed E-state index contributed by atoms with van der Waals surface area (Å²) in [5.74, 6) is 0.695. The van der Waals surface area contributed by atoms with E-state index in [1.807, 2.05) is 0 Å². The molecular weight excluding hydrogens is 352 g/mol. The van der Waals surface area contributed by atoms with Crippen molar-refractivity contribution in [2.24, 2.45) is 5.92 Å². The topological polar surface area (TPSA) is 63.4 Å². The van der Waals surface area contributed by atoms with Gasteiger partial charge >= 0.3 is 0 Å². The SMILES string of the molecule is Cc1c(N)cc(Br)cc1S(=O)(=O)N(C)C1CCC(C)CC1. The molecule has 1 aromatic rings. The van der Waals surface area contributed by atoms with Gasteiger partial charge < -0.3 is 5.73 Å². The molecule has 0 bridgehead atoms. The molecular formula is C15H23BrN2O2S. The van der Waals surface area contributed by atoms with E-state index in [9.17, 15) is 8.42 Å². The Morgan fingerprint density at radius 3 is 2.38 bits per heavy atom. The maximum atomic E-state index is 12.9. The molecule has 0 atom stereocenters. The predicted molar refractivity (Wildman–Crippen MR) is 89.7 cm³/mol. The summed E-state index contributed by atoms with van der Waals surface area (Å²) in [7, 11) is -1.82. The van der Waals surface area contributed by atoms with Crippen molar-refractivity contribution in [3.63, 3.8) is 0 Å². The van der Waals surface area contributed by atoms with E-state index in [1.165, 1.54) is 4.31 Å². The summed E-state index contributed by atoms with van der Waals surface area (Å²) in [4.78, 5) is 0.301. The summed E-state index contributed by atoms with van der Waals surface area (Å²) < 4.78 is 28.0. The number of anilines is 1. The number of nitrogens with two attached hydrogens (primary N) is 1. The van der Waals surface area contributed by atoms with Crippen molar-refractivity contribution in [3.8, 4) is 0 Å². The highest BCUT2D eigenvalue weighted by molar-refractivity contribution is 9.10. The van der Waals surface area contributed by atoms with Crippen molar-refractivity contribution in [1.29, 1.82) is 0 Å². The molecule has 1 aromatic carbocycles. The van der Waals surface area contributed by atoms with E-state index in [0.717, 1.165) is 25.7 Å². The zero-order chi connectivity index (χ0) is 15.8. The third-order valence-electron chi connectivity index (χ3n) is 4.52. The Kier molecular flexibility index (Phi) is 5.00. The average Bonchev–Trinajstić information content (AvgIpc) is 2.42. The third kappa shape index (κ3) is 3.43. The molecule has 1 saturated carbocycles. The van der Waals surface area contributed by atoms with Gasteiger partial charge in [0.25, 0.3) is 0 Å². The van der Waals surface area contributed by atoms with E-state index in [0.29, 0.717) is 26.5 Å². The lowest BCUT2D eigenvalue weighted by molar-refractivity contribution is 0.246. The molecule has 0 spiro atoms. The van der Waals surface area contributed by atoms with Crippen molar-refractivity contribution in [1.82, 2.24) is 4.31 Å². The Labute approximate surface area is 135 Å². The highest BCUT2D eigenvalue weighted by Gasteiger charge is 2.31. The van der Waals surface area contributed by atoms with Crippen LogP contribution in [0.1, 0.15) is 38.2 Å². The molecule has 1 aliphatic rings. The minimum Gasteiger partial charge on any atom is -0.398 e. The van der Waals surface area contributed by atoms with Crippen LogP contribution in [0, 0.1) is 12.8 Å². The Morgan fingerprint density at radius 2 is 1.81 bits per heavy atom. The molecule has 21 heavy (non-hydrogen) atoms. The highest BCUT2D eigenvalue weighted by Crippen LogP contribution is 2.32. The molecule has 0 unspecified atom stereocenters. The van der Waals surface area contributed by atoms with E-state index in [-0.39, 0.29) is 6.04 Å². The normalized spacial score (nSPS) is 23.5. The molecule has 0 heterocycles. The number of sulfonamides is 1. The second kappa shape index (κ2) is 6.26. The maximum absolute atomic E-state index is 12.9. The monoisotopic (exact) mass is 374 g/mol. The summed E-state index contributed by atoms with van der Waals surface area (Å²) in [5, 5.41) is 0. The third-order valence-corrected chi connectivity index (χ3v) is 7.02. The van der Waals surface area contributed by atoms with Gasteiger partial charge in [-0.3, -0.25) is 0 Å². The maximum Gasteiger partial charge on any atom is 0.243 e. The molecule has 6 heteroatoms. The van der Waals surface area contributed by atoms with E-state index >= 15 is 0 Å². The lowest BCUT2D eigenvalue weighted by atomic mass is 9.87. The van der Waals surface area contributed by atoms with Crippen LogP contribution >= 0.6 is 15.9 Å². The number of benzene rings is 1. The van der Waals surface area contributed by atoms with Gasteiger partial charge in [-0.15, -0.1) is 0 Å². The molecule has 4 nitrogen and oxygen atoms in total. The van der Waals surface area contributed by atoms with Crippen molar-refractivity contribution >= 4 is 31.6 Å². The lowest BCUT2D eigenvalue weighted by Crippen LogP contribution is -2.39. The molecule has 0 saturated heterocycles. The van der Waals surface area contributed by atoms with E-state index in [4.69, 9.17) is 5.73 Å². The predicted octanol–water partition coefficient (Wildman–Crippen LogP) is 3.54. The molecule has 0 radical (unpaired) electrons. The first-order valence-electron chi connectivity index (χ1n) is 7.27. The van der Waals surface area contributed by atoms with Gasteiger partial charge in [0.15, 0.2) is 0 Å². The van der Waals surface area contributed by atoms with Crippen LogP contribution in [0.5, 0.6) is 0 Å². The van der Waals surface area contributed by atoms with E-state index in [1.54, 1.807) is 26.1 Å².